The number of rotatable bonds is 4. The Morgan fingerprint density at radius 2 is 1.96 bits per heavy atom. The molecule has 23 heavy (non-hydrogen) atoms. The summed E-state index contributed by atoms with van der Waals surface area (Å²) in [5.41, 5.74) is 3.99. The van der Waals surface area contributed by atoms with Crippen molar-refractivity contribution in [2.24, 2.45) is 5.16 Å². The molecular formula is C19H19NO3. The van der Waals surface area contributed by atoms with Crippen molar-refractivity contribution >= 4 is 11.7 Å². The highest BCUT2D eigenvalue weighted by Crippen LogP contribution is 2.26. The van der Waals surface area contributed by atoms with Crippen LogP contribution >= 0.6 is 0 Å². The molecule has 0 bridgehead atoms. The number of aryl methyl sites for hydroxylation is 1. The van der Waals surface area contributed by atoms with Crippen LogP contribution in [-0.2, 0) is 22.5 Å². The minimum absolute atomic E-state index is 0.229. The van der Waals surface area contributed by atoms with Gasteiger partial charge in [0.1, 0.15) is 5.75 Å². The zero-order valence-corrected chi connectivity index (χ0v) is 13.1. The van der Waals surface area contributed by atoms with Crippen LogP contribution in [0.4, 0.5) is 0 Å². The average molecular weight is 309 g/mol. The lowest BCUT2D eigenvalue weighted by molar-refractivity contribution is -0.142. The number of methoxy groups -OCH3 is 1. The molecule has 0 unspecified atom stereocenters. The van der Waals surface area contributed by atoms with E-state index in [0.717, 1.165) is 41.9 Å². The highest BCUT2D eigenvalue weighted by molar-refractivity contribution is 6.02. The van der Waals surface area contributed by atoms with Gasteiger partial charge in [0, 0.05) is 5.56 Å². The highest BCUT2D eigenvalue weighted by Gasteiger charge is 2.17. The van der Waals surface area contributed by atoms with Gasteiger partial charge in [-0.05, 0) is 48.6 Å². The molecule has 118 valence electrons. The summed E-state index contributed by atoms with van der Waals surface area (Å²) in [6.07, 6.45) is 3.03. The summed E-state index contributed by atoms with van der Waals surface area (Å²) in [5.74, 6) is 0.496. The van der Waals surface area contributed by atoms with Gasteiger partial charge >= 0.3 is 5.97 Å². The molecule has 0 radical (unpaired) electrons. The second-order valence-electron chi connectivity index (χ2n) is 5.54. The highest BCUT2D eigenvalue weighted by atomic mass is 16.7. The number of nitrogens with zero attached hydrogens (tertiary/aromatic N) is 1. The molecule has 0 aliphatic heterocycles. The van der Waals surface area contributed by atoms with E-state index in [9.17, 15) is 4.79 Å². The molecule has 2 aromatic rings. The topological polar surface area (TPSA) is 47.9 Å². The minimum Gasteiger partial charge on any atom is -0.497 e. The van der Waals surface area contributed by atoms with Crippen molar-refractivity contribution in [1.82, 2.24) is 0 Å². The standard InChI is InChI=1S/C19H19NO3/c1-22-16-10-11-17-15(13-16)8-5-9-18(17)20-23-19(21)12-14-6-3-2-4-7-14/h2-4,6-7,10-11,13H,5,8-9,12H2,1H3/b20-18+. The number of hydrogen-bond acceptors (Lipinski definition) is 4. The van der Waals surface area contributed by atoms with Crippen LogP contribution in [0.5, 0.6) is 5.75 Å². The summed E-state index contributed by atoms with van der Waals surface area (Å²) in [4.78, 5) is 17.0. The number of fused-ring (bicyclic) bond motifs is 1. The van der Waals surface area contributed by atoms with Crippen LogP contribution in [0.2, 0.25) is 0 Å². The first-order chi connectivity index (χ1) is 11.3. The van der Waals surface area contributed by atoms with Gasteiger partial charge in [0.25, 0.3) is 0 Å². The molecule has 1 aliphatic rings. The number of ether oxygens (including phenoxy) is 1. The molecule has 0 saturated heterocycles. The van der Waals surface area contributed by atoms with Crippen LogP contribution in [0, 0.1) is 0 Å². The van der Waals surface area contributed by atoms with Crippen molar-refractivity contribution in [1.29, 1.82) is 0 Å². The summed E-state index contributed by atoms with van der Waals surface area (Å²) in [7, 11) is 1.66. The Labute approximate surface area is 135 Å². The first-order valence-corrected chi connectivity index (χ1v) is 7.74. The summed E-state index contributed by atoms with van der Waals surface area (Å²) >= 11 is 0. The average Bonchev–Trinajstić information content (AvgIpc) is 2.60. The molecule has 2 aromatic carbocycles. The molecule has 4 heteroatoms. The van der Waals surface area contributed by atoms with Crippen LogP contribution in [0.15, 0.2) is 53.7 Å². The SMILES string of the molecule is COc1ccc2c(c1)CCC/C2=N\OC(=O)Cc1ccccc1. The molecule has 4 nitrogen and oxygen atoms in total. The maximum absolute atomic E-state index is 11.9. The number of carbonyl (C=O) groups excluding carboxylic acids is 1. The van der Waals surface area contributed by atoms with Crippen molar-refractivity contribution in [3.05, 3.63) is 65.2 Å². The predicted molar refractivity (Wildman–Crippen MR) is 88.7 cm³/mol. The van der Waals surface area contributed by atoms with Crippen LogP contribution in [0.25, 0.3) is 0 Å². The van der Waals surface area contributed by atoms with Crippen molar-refractivity contribution in [3.63, 3.8) is 0 Å². The fraction of sp³-hybridized carbons (Fsp3) is 0.263. The van der Waals surface area contributed by atoms with Crippen molar-refractivity contribution in [2.45, 2.75) is 25.7 Å². The molecule has 0 spiro atoms. The summed E-state index contributed by atoms with van der Waals surface area (Å²) in [6.45, 7) is 0. The quantitative estimate of drug-likeness (QED) is 0.641. The lowest BCUT2D eigenvalue weighted by Crippen LogP contribution is -2.14. The van der Waals surface area contributed by atoms with Gasteiger partial charge in [-0.15, -0.1) is 0 Å². The van der Waals surface area contributed by atoms with E-state index in [1.165, 1.54) is 5.56 Å². The predicted octanol–water partition coefficient (Wildman–Crippen LogP) is 3.52. The molecule has 0 amide bonds. The van der Waals surface area contributed by atoms with E-state index in [0.29, 0.717) is 0 Å². The van der Waals surface area contributed by atoms with Gasteiger partial charge in [0.05, 0.1) is 19.2 Å². The molecular weight excluding hydrogens is 290 g/mol. The summed E-state index contributed by atoms with van der Waals surface area (Å²) < 4.78 is 5.25. The van der Waals surface area contributed by atoms with Crippen molar-refractivity contribution in [2.75, 3.05) is 7.11 Å². The van der Waals surface area contributed by atoms with Crippen LogP contribution in [0.1, 0.15) is 29.5 Å². The maximum Gasteiger partial charge on any atom is 0.339 e. The Balaban J connectivity index is 1.70. The van der Waals surface area contributed by atoms with E-state index in [1.54, 1.807) is 7.11 Å². The fourth-order valence-electron chi connectivity index (χ4n) is 2.76. The molecule has 0 aromatic heterocycles. The Morgan fingerprint density at radius 3 is 2.74 bits per heavy atom. The lowest BCUT2D eigenvalue weighted by atomic mass is 9.90. The van der Waals surface area contributed by atoms with Gasteiger partial charge in [-0.1, -0.05) is 35.5 Å². The molecule has 0 heterocycles. The van der Waals surface area contributed by atoms with Crippen LogP contribution in [-0.4, -0.2) is 18.8 Å². The van der Waals surface area contributed by atoms with Crippen LogP contribution in [0.3, 0.4) is 0 Å². The molecule has 0 atom stereocenters. The molecule has 0 fully saturated rings. The van der Waals surface area contributed by atoms with Crippen LogP contribution < -0.4 is 4.74 Å². The minimum atomic E-state index is -0.343. The second-order valence-corrected chi connectivity index (χ2v) is 5.54. The molecule has 0 N–H and O–H groups in total. The number of oxime groups is 1. The zero-order valence-electron chi connectivity index (χ0n) is 13.1. The zero-order chi connectivity index (χ0) is 16.1. The van der Waals surface area contributed by atoms with Gasteiger partial charge in [-0.2, -0.15) is 0 Å². The number of hydrogen-bond donors (Lipinski definition) is 0. The van der Waals surface area contributed by atoms with Gasteiger partial charge in [0.2, 0.25) is 0 Å². The molecule has 3 rings (SSSR count). The van der Waals surface area contributed by atoms with E-state index in [4.69, 9.17) is 9.57 Å². The monoisotopic (exact) mass is 309 g/mol. The Bertz CT molecular complexity index is 723. The largest absolute Gasteiger partial charge is 0.497 e. The van der Waals surface area contributed by atoms with E-state index >= 15 is 0 Å². The normalized spacial score (nSPS) is 15.1. The Morgan fingerprint density at radius 1 is 1.13 bits per heavy atom. The van der Waals surface area contributed by atoms with Gasteiger partial charge in [0.15, 0.2) is 0 Å². The number of carbonyl (C=O) groups is 1. The third-order valence-electron chi connectivity index (χ3n) is 3.93. The first-order valence-electron chi connectivity index (χ1n) is 7.74. The van der Waals surface area contributed by atoms with E-state index in [1.807, 2.05) is 48.5 Å². The van der Waals surface area contributed by atoms with Crippen molar-refractivity contribution in [3.8, 4) is 5.75 Å². The first kappa shape index (κ1) is 15.3. The van der Waals surface area contributed by atoms with Gasteiger partial charge in [-0.3, -0.25) is 0 Å². The third-order valence-corrected chi connectivity index (χ3v) is 3.93. The maximum atomic E-state index is 11.9. The van der Waals surface area contributed by atoms with E-state index in [-0.39, 0.29) is 12.4 Å². The summed E-state index contributed by atoms with van der Waals surface area (Å²) in [5, 5.41) is 4.10. The van der Waals surface area contributed by atoms with Gasteiger partial charge < -0.3 is 9.57 Å². The van der Waals surface area contributed by atoms with Crippen molar-refractivity contribution < 1.29 is 14.4 Å². The van der Waals surface area contributed by atoms with E-state index in [2.05, 4.69) is 5.16 Å². The second kappa shape index (κ2) is 7.09. The fourth-order valence-corrected chi connectivity index (χ4v) is 2.76. The summed E-state index contributed by atoms with van der Waals surface area (Å²) in [6, 6.07) is 15.4. The lowest BCUT2D eigenvalue weighted by Gasteiger charge is -2.17. The van der Waals surface area contributed by atoms with E-state index < -0.39 is 0 Å². The third kappa shape index (κ3) is 3.77. The van der Waals surface area contributed by atoms with Gasteiger partial charge in [-0.25, -0.2) is 4.79 Å². The Hall–Kier alpha value is -2.62. The molecule has 1 aliphatic carbocycles. The number of benzene rings is 2. The smallest absolute Gasteiger partial charge is 0.339 e. The molecule has 0 saturated carbocycles. The Kier molecular flexibility index (Phi) is 4.71.